The van der Waals surface area contributed by atoms with Gasteiger partial charge in [-0.1, -0.05) is 12.2 Å². The van der Waals surface area contributed by atoms with Gasteiger partial charge in [-0.15, -0.1) is 0 Å². The van der Waals surface area contributed by atoms with Gasteiger partial charge in [-0.05, 0) is 24.6 Å². The molecule has 2 nitrogen and oxygen atoms in total. The third-order valence-electron chi connectivity index (χ3n) is 1.46. The van der Waals surface area contributed by atoms with Crippen LogP contribution in [-0.2, 0) is 4.44 Å². The fourth-order valence-corrected chi connectivity index (χ4v) is 1.77. The quantitative estimate of drug-likeness (QED) is 0.425. The minimum Gasteiger partial charge on any atom is -0.423 e. The highest BCUT2D eigenvalue weighted by Crippen LogP contribution is 2.40. The first-order chi connectivity index (χ1) is 4.79. The molecule has 0 saturated carbocycles. The first-order valence-corrected chi connectivity index (χ1v) is 4.13. The molecule has 1 N–H and O–H groups in total. The Morgan fingerprint density at radius 3 is 2.60 bits per heavy atom. The van der Waals surface area contributed by atoms with Gasteiger partial charge in [0.2, 0.25) is 0 Å². The molecule has 1 rings (SSSR count). The summed E-state index contributed by atoms with van der Waals surface area (Å²) in [4.78, 5) is 0. The Hall–Kier alpha value is -0.105. The van der Waals surface area contributed by atoms with Gasteiger partial charge in [-0.2, -0.15) is 0 Å². The van der Waals surface area contributed by atoms with Crippen LogP contribution >= 0.6 is 8.81 Å². The van der Waals surface area contributed by atoms with Crippen LogP contribution in [0.15, 0.2) is 22.9 Å². The summed E-state index contributed by atoms with van der Waals surface area (Å²) in [6, 6.07) is 0. The van der Waals surface area contributed by atoms with Crippen LogP contribution in [0.1, 0.15) is 13.8 Å². The molecule has 0 aromatic rings. The van der Waals surface area contributed by atoms with Crippen molar-refractivity contribution in [2.24, 2.45) is 0 Å². The Bertz CT molecular complexity index is 188. The molecule has 1 aliphatic heterocycles. The van der Waals surface area contributed by atoms with Crippen molar-refractivity contribution in [3.8, 4) is 0 Å². The van der Waals surface area contributed by atoms with Gasteiger partial charge in [0.1, 0.15) is 0 Å². The van der Waals surface area contributed by atoms with Crippen LogP contribution in [0.4, 0.5) is 0 Å². The van der Waals surface area contributed by atoms with Crippen LogP contribution in [0.25, 0.3) is 0 Å². The first-order valence-electron chi connectivity index (χ1n) is 3.22. The summed E-state index contributed by atoms with van der Waals surface area (Å²) in [6.45, 7) is 3.86. The molecular weight excluding hydrogens is 146 g/mol. The van der Waals surface area contributed by atoms with Gasteiger partial charge in [0, 0.05) is 8.81 Å². The van der Waals surface area contributed by atoms with Gasteiger partial charge in [0.15, 0.2) is 0 Å². The monoisotopic (exact) mass is 156 g/mol. The lowest BCUT2D eigenvalue weighted by molar-refractivity contribution is 0.466. The smallest absolute Gasteiger partial charge is 0.423 e. The molecule has 10 heavy (non-hydrogen) atoms. The van der Waals surface area contributed by atoms with E-state index in [0.29, 0.717) is 8.81 Å². The molecule has 1 heterocycles. The Labute approximate surface area is 63.0 Å². The van der Waals surface area contributed by atoms with Crippen molar-refractivity contribution in [3.63, 3.8) is 0 Å². The Balaban J connectivity index is 2.84. The summed E-state index contributed by atoms with van der Waals surface area (Å²) in [6.07, 6.45) is 3.87. The predicted molar refractivity (Wildman–Crippen MR) is 44.9 cm³/mol. The molecule has 0 amide bonds. The summed E-state index contributed by atoms with van der Waals surface area (Å²) in [5, 5.41) is 10.3. The number of hydrogen-bond donors (Lipinski definition) is 1. The third kappa shape index (κ3) is 1.31. The van der Waals surface area contributed by atoms with Gasteiger partial charge in [0.25, 0.3) is 0 Å². The zero-order valence-electron chi connectivity index (χ0n) is 6.09. The second-order valence-electron chi connectivity index (χ2n) is 2.02. The van der Waals surface area contributed by atoms with Crippen molar-refractivity contribution in [3.05, 3.63) is 22.9 Å². The maximum absolute atomic E-state index is 9.17. The van der Waals surface area contributed by atoms with Crippen molar-refractivity contribution < 1.29 is 9.47 Å². The van der Waals surface area contributed by atoms with E-state index < -0.39 is 7.12 Å². The largest absolute Gasteiger partial charge is 0.494 e. The number of hydrogen-bond acceptors (Lipinski definition) is 2. The zero-order valence-corrected chi connectivity index (χ0v) is 7.09. The second kappa shape index (κ2) is 3.33. The Kier molecular flexibility index (Phi) is 2.67. The van der Waals surface area contributed by atoms with Gasteiger partial charge < -0.3 is 9.47 Å². The first kappa shape index (κ1) is 8.00. The molecule has 0 spiro atoms. The van der Waals surface area contributed by atoms with E-state index in [9.17, 15) is 0 Å². The molecule has 1 aliphatic rings. The van der Waals surface area contributed by atoms with Crippen LogP contribution in [-0.4, -0.2) is 12.1 Å². The van der Waals surface area contributed by atoms with Crippen molar-refractivity contribution >= 4 is 15.9 Å². The van der Waals surface area contributed by atoms with Crippen LogP contribution in [0.2, 0.25) is 0 Å². The minimum absolute atomic E-state index is 0.310. The highest BCUT2D eigenvalue weighted by atomic mass is 31.1. The van der Waals surface area contributed by atoms with E-state index in [2.05, 4.69) is 0 Å². The van der Waals surface area contributed by atoms with E-state index in [1.807, 2.05) is 26.0 Å². The van der Waals surface area contributed by atoms with Gasteiger partial charge in [0.05, 0.1) is 0 Å². The maximum atomic E-state index is 9.17. The standard InChI is InChI=1S/C6H10BO2P/c1-3-5-6(4-2)10-9-7(5)8/h3-4,8,10H,1-2H3/b5-3+,6-4+. The van der Waals surface area contributed by atoms with Crippen molar-refractivity contribution in [2.45, 2.75) is 13.8 Å². The molecule has 1 fully saturated rings. The van der Waals surface area contributed by atoms with E-state index in [4.69, 9.17) is 9.47 Å². The van der Waals surface area contributed by atoms with Crippen LogP contribution in [0.3, 0.4) is 0 Å². The topological polar surface area (TPSA) is 29.5 Å². The Morgan fingerprint density at radius 1 is 1.50 bits per heavy atom. The fourth-order valence-electron chi connectivity index (χ4n) is 0.898. The molecule has 1 unspecified atom stereocenters. The highest BCUT2D eigenvalue weighted by molar-refractivity contribution is 7.42. The molecule has 54 valence electrons. The summed E-state index contributed by atoms with van der Waals surface area (Å²) < 4.78 is 5.01. The van der Waals surface area contributed by atoms with Crippen LogP contribution in [0, 0.1) is 0 Å². The Morgan fingerprint density at radius 2 is 2.20 bits per heavy atom. The normalized spacial score (nSPS) is 29.3. The van der Waals surface area contributed by atoms with E-state index in [0.717, 1.165) is 10.8 Å². The van der Waals surface area contributed by atoms with Crippen molar-refractivity contribution in [1.82, 2.24) is 0 Å². The van der Waals surface area contributed by atoms with Crippen LogP contribution < -0.4 is 0 Å². The summed E-state index contributed by atoms with van der Waals surface area (Å²) >= 11 is 0. The van der Waals surface area contributed by atoms with Gasteiger partial charge in [-0.3, -0.25) is 0 Å². The van der Waals surface area contributed by atoms with Gasteiger partial charge >= 0.3 is 7.12 Å². The second-order valence-corrected chi connectivity index (χ2v) is 3.00. The van der Waals surface area contributed by atoms with Crippen LogP contribution in [0.5, 0.6) is 0 Å². The summed E-state index contributed by atoms with van der Waals surface area (Å²) in [5.74, 6) is 0. The van der Waals surface area contributed by atoms with E-state index in [-0.39, 0.29) is 0 Å². The molecule has 0 aromatic carbocycles. The lowest BCUT2D eigenvalue weighted by atomic mass is 9.79. The van der Waals surface area contributed by atoms with Gasteiger partial charge in [-0.25, -0.2) is 0 Å². The summed E-state index contributed by atoms with van der Waals surface area (Å²) in [7, 11) is -0.376. The fraction of sp³-hybridized carbons (Fsp3) is 0.333. The van der Waals surface area contributed by atoms with Crippen molar-refractivity contribution in [1.29, 1.82) is 0 Å². The lowest BCUT2D eigenvalue weighted by Crippen LogP contribution is -2.11. The minimum atomic E-state index is -0.686. The predicted octanol–water partition coefficient (Wildman–Crippen LogP) is 1.48. The van der Waals surface area contributed by atoms with E-state index >= 15 is 0 Å². The number of allylic oxidation sites excluding steroid dienone is 4. The SMILES string of the molecule is C/C=C1/B(O)OP/C1=C/C. The molecule has 0 aromatic heterocycles. The maximum Gasteiger partial charge on any atom is 0.494 e. The molecule has 0 radical (unpaired) electrons. The average Bonchev–Trinajstić information content (AvgIpc) is 2.30. The highest BCUT2D eigenvalue weighted by Gasteiger charge is 2.29. The molecule has 1 saturated heterocycles. The van der Waals surface area contributed by atoms with E-state index in [1.54, 1.807) is 0 Å². The molecular formula is C6H10BO2P. The van der Waals surface area contributed by atoms with Crippen molar-refractivity contribution in [2.75, 3.05) is 0 Å². The molecule has 0 aliphatic carbocycles. The van der Waals surface area contributed by atoms with E-state index in [1.165, 1.54) is 0 Å². The number of rotatable bonds is 0. The zero-order chi connectivity index (χ0) is 7.56. The molecule has 0 bridgehead atoms. The average molecular weight is 156 g/mol. The lowest BCUT2D eigenvalue weighted by Gasteiger charge is -1.94. The summed E-state index contributed by atoms with van der Waals surface area (Å²) in [5.41, 5.74) is 0.917. The third-order valence-corrected chi connectivity index (χ3v) is 2.60. The molecule has 1 atom stereocenters. The molecule has 4 heteroatoms.